The predicted octanol–water partition coefficient (Wildman–Crippen LogP) is 4.38. The molecule has 2 saturated carbocycles. The van der Waals surface area contributed by atoms with Crippen LogP contribution < -0.4 is 5.73 Å². The number of hydrogen-bond acceptors (Lipinski definition) is 6. The zero-order valence-corrected chi connectivity index (χ0v) is 22.5. The van der Waals surface area contributed by atoms with E-state index in [9.17, 15) is 14.3 Å². The van der Waals surface area contributed by atoms with Gasteiger partial charge in [-0.3, -0.25) is 4.79 Å². The van der Waals surface area contributed by atoms with Crippen molar-refractivity contribution in [2.24, 2.45) is 11.1 Å². The summed E-state index contributed by atoms with van der Waals surface area (Å²) >= 11 is 0. The van der Waals surface area contributed by atoms with Crippen LogP contribution in [0, 0.1) is 5.41 Å². The van der Waals surface area contributed by atoms with Crippen LogP contribution in [-0.4, -0.2) is 55.3 Å². The first-order chi connectivity index (χ1) is 19.2. The van der Waals surface area contributed by atoms with Gasteiger partial charge in [0, 0.05) is 42.4 Å². The number of fused-ring (bicyclic) bond motifs is 9. The number of aliphatic hydroxyl groups excluding tert-OH is 1. The standard InChI is InChI=1S/C31H31FN6O2/c1-30(15-39)14-31(33,28(30)32)29-34-12-18(13-35-29)17-8-9-21-22(10-17)38-23-11-24(26(38)36-21)37(2)27(40)20-5-3-4-19(25(20)23)16-6-7-16/h3-5,8-10,12-13,16,23-24,28,39H,6-7,11,14-15,33H2,1-2H3/t23-,24-,28-,30-,31+/m1/s1. The average molecular weight is 539 g/mol. The second-order valence-electron chi connectivity index (χ2n) is 12.5. The molecule has 204 valence electrons. The fraction of sp³-hybridized carbons (Fsp3) is 0.419. The number of rotatable bonds is 4. The molecule has 2 aliphatic heterocycles. The Morgan fingerprint density at radius 2 is 1.90 bits per heavy atom. The van der Waals surface area contributed by atoms with Crippen LogP contribution in [0.3, 0.4) is 0 Å². The molecule has 0 saturated heterocycles. The zero-order chi connectivity index (χ0) is 27.6. The lowest BCUT2D eigenvalue weighted by atomic mass is 9.57. The second-order valence-corrected chi connectivity index (χ2v) is 12.5. The van der Waals surface area contributed by atoms with Gasteiger partial charge in [-0.15, -0.1) is 0 Å². The number of hydrogen-bond donors (Lipinski definition) is 2. The average Bonchev–Trinajstić information content (AvgIpc) is 3.69. The number of halogens is 1. The summed E-state index contributed by atoms with van der Waals surface area (Å²) in [5.41, 5.74) is 11.1. The lowest BCUT2D eigenvalue weighted by Gasteiger charge is -2.53. The lowest BCUT2D eigenvalue weighted by Crippen LogP contribution is -2.67. The number of nitrogens with zero attached hydrogens (tertiary/aromatic N) is 5. The van der Waals surface area contributed by atoms with Crippen LogP contribution in [0.5, 0.6) is 0 Å². The van der Waals surface area contributed by atoms with Crippen LogP contribution in [0.15, 0.2) is 48.8 Å². The maximum atomic E-state index is 15.0. The molecular formula is C31H31FN6O2. The van der Waals surface area contributed by atoms with E-state index in [1.165, 1.54) is 18.4 Å². The molecule has 3 N–H and O–H groups in total. The number of carbonyl (C=O) groups excluding carboxylic acids is 1. The molecule has 0 spiro atoms. The molecular weight excluding hydrogens is 507 g/mol. The van der Waals surface area contributed by atoms with E-state index < -0.39 is 17.1 Å². The van der Waals surface area contributed by atoms with Gasteiger partial charge in [0.15, 0.2) is 5.82 Å². The molecule has 1 amide bonds. The Kier molecular flexibility index (Phi) is 4.80. The summed E-state index contributed by atoms with van der Waals surface area (Å²) in [6, 6.07) is 12.3. The van der Waals surface area contributed by atoms with Crippen molar-refractivity contribution in [3.05, 3.63) is 77.1 Å². The zero-order valence-electron chi connectivity index (χ0n) is 22.5. The molecule has 8 nitrogen and oxygen atoms in total. The first kappa shape index (κ1) is 24.1. The number of imidazole rings is 1. The molecule has 4 aliphatic rings. The molecule has 2 bridgehead atoms. The summed E-state index contributed by atoms with van der Waals surface area (Å²) in [5, 5.41) is 9.56. The van der Waals surface area contributed by atoms with Gasteiger partial charge in [0.2, 0.25) is 0 Å². The van der Waals surface area contributed by atoms with Crippen LogP contribution >= 0.6 is 0 Å². The maximum Gasteiger partial charge on any atom is 0.254 e. The van der Waals surface area contributed by atoms with Crippen molar-refractivity contribution >= 4 is 16.9 Å². The molecule has 2 fully saturated rings. The van der Waals surface area contributed by atoms with E-state index in [1.54, 1.807) is 19.3 Å². The first-order valence-electron chi connectivity index (χ1n) is 14.0. The van der Waals surface area contributed by atoms with Gasteiger partial charge >= 0.3 is 0 Å². The molecule has 4 aromatic rings. The Labute approximate surface area is 231 Å². The predicted molar refractivity (Wildman–Crippen MR) is 147 cm³/mol. The highest BCUT2D eigenvalue weighted by Gasteiger charge is 2.62. The van der Waals surface area contributed by atoms with Crippen LogP contribution in [-0.2, 0) is 5.54 Å². The van der Waals surface area contributed by atoms with Crippen LogP contribution in [0.1, 0.15) is 83.7 Å². The van der Waals surface area contributed by atoms with Crippen molar-refractivity contribution in [3.63, 3.8) is 0 Å². The van der Waals surface area contributed by atoms with Crippen molar-refractivity contribution < 1.29 is 14.3 Å². The van der Waals surface area contributed by atoms with Gasteiger partial charge in [0.05, 0.1) is 29.7 Å². The van der Waals surface area contributed by atoms with Crippen molar-refractivity contribution in [2.45, 2.75) is 62.3 Å². The fourth-order valence-corrected chi connectivity index (χ4v) is 7.46. The largest absolute Gasteiger partial charge is 0.396 e. The Morgan fingerprint density at radius 1 is 1.12 bits per heavy atom. The third-order valence-corrected chi connectivity index (χ3v) is 9.80. The van der Waals surface area contributed by atoms with Gasteiger partial charge in [0.1, 0.15) is 17.5 Å². The summed E-state index contributed by atoms with van der Waals surface area (Å²) in [6.45, 7) is 1.42. The lowest BCUT2D eigenvalue weighted by molar-refractivity contribution is -0.110. The molecule has 8 rings (SSSR count). The minimum atomic E-state index is -1.42. The number of amides is 1. The number of aliphatic hydroxyl groups is 1. The van der Waals surface area contributed by atoms with E-state index in [0.717, 1.165) is 45.5 Å². The summed E-state index contributed by atoms with van der Waals surface area (Å²) in [5.74, 6) is 1.77. The van der Waals surface area contributed by atoms with E-state index in [1.807, 2.05) is 36.2 Å². The van der Waals surface area contributed by atoms with Crippen LogP contribution in [0.4, 0.5) is 4.39 Å². The van der Waals surface area contributed by atoms with Crippen molar-refractivity contribution in [1.82, 2.24) is 24.4 Å². The second kappa shape index (κ2) is 7.95. The maximum absolute atomic E-state index is 15.0. The minimum absolute atomic E-state index is 0.0395. The molecule has 5 atom stereocenters. The van der Waals surface area contributed by atoms with Gasteiger partial charge in [-0.05, 0) is 60.1 Å². The van der Waals surface area contributed by atoms with Crippen LogP contribution in [0.25, 0.3) is 22.2 Å². The molecule has 40 heavy (non-hydrogen) atoms. The van der Waals surface area contributed by atoms with E-state index >= 15 is 0 Å². The van der Waals surface area contributed by atoms with Gasteiger partial charge in [-0.1, -0.05) is 25.1 Å². The third kappa shape index (κ3) is 3.07. The van der Waals surface area contributed by atoms with Gasteiger partial charge < -0.3 is 20.3 Å². The topological polar surface area (TPSA) is 110 Å². The molecule has 4 heterocycles. The van der Waals surface area contributed by atoms with E-state index in [-0.39, 0.29) is 36.8 Å². The number of alkyl halides is 1. The number of carbonyl (C=O) groups is 1. The van der Waals surface area contributed by atoms with E-state index in [4.69, 9.17) is 10.7 Å². The molecule has 0 unspecified atom stereocenters. The van der Waals surface area contributed by atoms with Crippen molar-refractivity contribution in [2.75, 3.05) is 13.7 Å². The van der Waals surface area contributed by atoms with Gasteiger partial charge in [-0.25, -0.2) is 19.3 Å². The fourth-order valence-electron chi connectivity index (χ4n) is 7.46. The van der Waals surface area contributed by atoms with Gasteiger partial charge in [0.25, 0.3) is 5.91 Å². The monoisotopic (exact) mass is 538 g/mol. The Bertz CT molecular complexity index is 1720. The highest BCUT2D eigenvalue weighted by atomic mass is 19.1. The molecule has 2 aromatic carbocycles. The summed E-state index contributed by atoms with van der Waals surface area (Å²) in [4.78, 5) is 29.3. The number of nitrogens with two attached hydrogens (primary N) is 1. The van der Waals surface area contributed by atoms with E-state index in [2.05, 4.69) is 26.7 Å². The SMILES string of the molecule is CN1C(=O)c2cccc(C3CC3)c2[C@H]2C[C@@H]1c1nc3ccc(-c4cnc([C@]5(N)C[C@](C)(CO)[C@H]5F)nc4)cc3n12. The quantitative estimate of drug-likeness (QED) is 0.399. The minimum Gasteiger partial charge on any atom is -0.396 e. The number of aromatic nitrogens is 4. The molecule has 9 heteroatoms. The first-order valence-corrected chi connectivity index (χ1v) is 14.0. The Morgan fingerprint density at radius 3 is 2.60 bits per heavy atom. The van der Waals surface area contributed by atoms with Crippen molar-refractivity contribution in [3.8, 4) is 11.1 Å². The third-order valence-electron chi connectivity index (χ3n) is 9.80. The van der Waals surface area contributed by atoms with Crippen LogP contribution in [0.2, 0.25) is 0 Å². The normalized spacial score (nSPS) is 30.7. The highest BCUT2D eigenvalue weighted by Crippen LogP contribution is 2.54. The summed E-state index contributed by atoms with van der Waals surface area (Å²) in [7, 11) is 1.89. The smallest absolute Gasteiger partial charge is 0.254 e. The summed E-state index contributed by atoms with van der Waals surface area (Å²) < 4.78 is 17.3. The molecule has 0 radical (unpaired) electrons. The molecule has 2 aromatic heterocycles. The Hall–Kier alpha value is -3.69. The summed E-state index contributed by atoms with van der Waals surface area (Å²) in [6.07, 6.45) is 5.40. The van der Waals surface area contributed by atoms with E-state index in [0.29, 0.717) is 5.92 Å². The van der Waals surface area contributed by atoms with Gasteiger partial charge in [-0.2, -0.15) is 0 Å². The Balaban J connectivity index is 1.21. The highest BCUT2D eigenvalue weighted by molar-refractivity contribution is 5.97. The number of benzene rings is 2. The van der Waals surface area contributed by atoms with Crippen molar-refractivity contribution in [1.29, 1.82) is 0 Å². The molecule has 2 aliphatic carbocycles.